The Morgan fingerprint density at radius 2 is 2.10 bits per heavy atom. The largest absolute Gasteiger partial charge is 0.492 e. The van der Waals surface area contributed by atoms with Crippen molar-refractivity contribution in [2.45, 2.75) is 33.3 Å². The molecule has 0 radical (unpaired) electrons. The summed E-state index contributed by atoms with van der Waals surface area (Å²) in [6.45, 7) is 6.27. The Hall–Kier alpha value is -1.68. The third-order valence-corrected chi connectivity index (χ3v) is 3.16. The van der Waals surface area contributed by atoms with Gasteiger partial charge in [-0.25, -0.2) is 4.79 Å². The summed E-state index contributed by atoms with van der Waals surface area (Å²) in [5.41, 5.74) is 0.712. The zero-order chi connectivity index (χ0) is 14.7. The molecule has 1 aromatic heterocycles. The maximum Gasteiger partial charge on any atom is 0.418 e. The second kappa shape index (κ2) is 6.18. The van der Waals surface area contributed by atoms with Crippen molar-refractivity contribution in [2.24, 2.45) is 0 Å². The van der Waals surface area contributed by atoms with Crippen LogP contribution in [0.3, 0.4) is 0 Å². The minimum atomic E-state index is -0.409. The molecule has 0 amide bonds. The molecule has 2 rings (SSSR count). The molecule has 0 aliphatic carbocycles. The molecule has 108 valence electrons. The Morgan fingerprint density at radius 1 is 1.35 bits per heavy atom. The summed E-state index contributed by atoms with van der Waals surface area (Å²) in [7, 11) is 0. The standard InChI is InChI=1S/C15H18ClNO3/c1-4-9-19-13-6-5-12-11(14(13)16)7-8-17(12)15(18)20-10(2)3/h5-8,10H,4,9H2,1-3H3. The zero-order valence-electron chi connectivity index (χ0n) is 11.9. The van der Waals surface area contributed by atoms with Crippen LogP contribution < -0.4 is 4.74 Å². The molecular formula is C15H18ClNO3. The monoisotopic (exact) mass is 295 g/mol. The van der Waals surface area contributed by atoms with E-state index in [1.54, 1.807) is 18.3 Å². The van der Waals surface area contributed by atoms with Crippen LogP contribution in [-0.4, -0.2) is 23.4 Å². The number of aromatic nitrogens is 1. The first-order chi connectivity index (χ1) is 9.54. The third-order valence-electron chi connectivity index (χ3n) is 2.77. The van der Waals surface area contributed by atoms with E-state index in [9.17, 15) is 4.79 Å². The molecule has 5 heteroatoms. The van der Waals surface area contributed by atoms with Crippen molar-refractivity contribution in [3.63, 3.8) is 0 Å². The minimum absolute atomic E-state index is 0.164. The van der Waals surface area contributed by atoms with Crippen LogP contribution in [0.25, 0.3) is 10.9 Å². The van der Waals surface area contributed by atoms with Crippen LogP contribution in [-0.2, 0) is 4.74 Å². The van der Waals surface area contributed by atoms with E-state index < -0.39 is 6.09 Å². The third kappa shape index (κ3) is 2.90. The van der Waals surface area contributed by atoms with Gasteiger partial charge in [-0.1, -0.05) is 18.5 Å². The first-order valence-electron chi connectivity index (χ1n) is 6.68. The van der Waals surface area contributed by atoms with E-state index in [2.05, 4.69) is 0 Å². The molecule has 2 aromatic rings. The van der Waals surface area contributed by atoms with Crippen molar-refractivity contribution in [3.8, 4) is 5.75 Å². The summed E-state index contributed by atoms with van der Waals surface area (Å²) < 4.78 is 12.2. The smallest absolute Gasteiger partial charge is 0.418 e. The summed E-state index contributed by atoms with van der Waals surface area (Å²) in [6, 6.07) is 5.38. The lowest BCUT2D eigenvalue weighted by Crippen LogP contribution is -2.17. The second-order valence-corrected chi connectivity index (χ2v) is 5.16. The summed E-state index contributed by atoms with van der Waals surface area (Å²) in [5.74, 6) is 0.635. The predicted octanol–water partition coefficient (Wildman–Crippen LogP) is 4.48. The molecular weight excluding hydrogens is 278 g/mol. The van der Waals surface area contributed by atoms with Gasteiger partial charge in [-0.15, -0.1) is 0 Å². The molecule has 0 unspecified atom stereocenters. The lowest BCUT2D eigenvalue weighted by atomic mass is 10.2. The van der Waals surface area contributed by atoms with Crippen molar-refractivity contribution in [2.75, 3.05) is 6.61 Å². The number of rotatable bonds is 4. The molecule has 4 nitrogen and oxygen atoms in total. The SMILES string of the molecule is CCCOc1ccc2c(ccn2C(=O)OC(C)C)c1Cl. The Kier molecular flexibility index (Phi) is 4.55. The number of fused-ring (bicyclic) bond motifs is 1. The van der Waals surface area contributed by atoms with Gasteiger partial charge in [0.25, 0.3) is 0 Å². The number of nitrogens with zero attached hydrogens (tertiary/aromatic N) is 1. The van der Waals surface area contributed by atoms with Gasteiger partial charge in [0, 0.05) is 11.6 Å². The maximum atomic E-state index is 12.0. The summed E-state index contributed by atoms with van der Waals surface area (Å²) >= 11 is 6.31. The van der Waals surface area contributed by atoms with Crippen molar-refractivity contribution in [3.05, 3.63) is 29.4 Å². The topological polar surface area (TPSA) is 40.5 Å². The maximum absolute atomic E-state index is 12.0. The van der Waals surface area contributed by atoms with Crippen molar-refractivity contribution >= 4 is 28.6 Å². The predicted molar refractivity (Wildman–Crippen MR) is 79.7 cm³/mol. The van der Waals surface area contributed by atoms with Gasteiger partial charge in [-0.2, -0.15) is 0 Å². The fraction of sp³-hybridized carbons (Fsp3) is 0.400. The summed E-state index contributed by atoms with van der Waals surface area (Å²) in [5, 5.41) is 1.30. The van der Waals surface area contributed by atoms with Crippen LogP contribution in [0.15, 0.2) is 24.4 Å². The number of carbonyl (C=O) groups is 1. The summed E-state index contributed by atoms with van der Waals surface area (Å²) in [6.07, 6.45) is 2.00. The van der Waals surface area contributed by atoms with E-state index in [0.717, 1.165) is 11.8 Å². The number of hydrogen-bond acceptors (Lipinski definition) is 3. The molecule has 0 saturated heterocycles. The average Bonchev–Trinajstić information content (AvgIpc) is 2.82. The van der Waals surface area contributed by atoms with Gasteiger partial charge in [-0.3, -0.25) is 4.57 Å². The number of hydrogen-bond donors (Lipinski definition) is 0. The van der Waals surface area contributed by atoms with Crippen LogP contribution >= 0.6 is 11.6 Å². The molecule has 20 heavy (non-hydrogen) atoms. The average molecular weight is 296 g/mol. The van der Waals surface area contributed by atoms with Gasteiger partial charge in [0.05, 0.1) is 23.3 Å². The number of ether oxygens (including phenoxy) is 2. The minimum Gasteiger partial charge on any atom is -0.492 e. The fourth-order valence-electron chi connectivity index (χ4n) is 1.90. The van der Waals surface area contributed by atoms with E-state index in [1.165, 1.54) is 4.57 Å². The zero-order valence-corrected chi connectivity index (χ0v) is 12.6. The van der Waals surface area contributed by atoms with Crippen molar-refractivity contribution < 1.29 is 14.3 Å². The Morgan fingerprint density at radius 3 is 2.75 bits per heavy atom. The van der Waals surface area contributed by atoms with Gasteiger partial charge < -0.3 is 9.47 Å². The number of carbonyl (C=O) groups excluding carboxylic acids is 1. The van der Waals surface area contributed by atoms with Gasteiger partial charge in [0.2, 0.25) is 0 Å². The highest BCUT2D eigenvalue weighted by Gasteiger charge is 2.15. The molecule has 0 atom stereocenters. The Balaban J connectivity index is 2.37. The van der Waals surface area contributed by atoms with Crippen LogP contribution in [0.2, 0.25) is 5.02 Å². The molecule has 1 heterocycles. The second-order valence-electron chi connectivity index (χ2n) is 4.78. The van der Waals surface area contributed by atoms with Gasteiger partial charge >= 0.3 is 6.09 Å². The normalized spacial score (nSPS) is 11.1. The van der Waals surface area contributed by atoms with E-state index >= 15 is 0 Å². The Labute approximate surface area is 123 Å². The van der Waals surface area contributed by atoms with Crippen LogP contribution in [0.5, 0.6) is 5.75 Å². The van der Waals surface area contributed by atoms with E-state index in [0.29, 0.717) is 22.9 Å². The quantitative estimate of drug-likeness (QED) is 0.835. The molecule has 0 saturated carbocycles. The van der Waals surface area contributed by atoms with E-state index in [-0.39, 0.29) is 6.10 Å². The van der Waals surface area contributed by atoms with E-state index in [1.807, 2.05) is 26.8 Å². The lowest BCUT2D eigenvalue weighted by Gasteiger charge is -2.10. The fourth-order valence-corrected chi connectivity index (χ4v) is 2.18. The number of halogens is 1. The van der Waals surface area contributed by atoms with Crippen LogP contribution in [0.1, 0.15) is 27.2 Å². The molecule has 0 aliphatic rings. The van der Waals surface area contributed by atoms with Gasteiger partial charge in [0.1, 0.15) is 5.75 Å². The molecule has 0 aliphatic heterocycles. The molecule has 0 fully saturated rings. The van der Waals surface area contributed by atoms with Crippen LogP contribution in [0, 0.1) is 0 Å². The first kappa shape index (κ1) is 14.7. The molecule has 0 bridgehead atoms. The highest BCUT2D eigenvalue weighted by molar-refractivity contribution is 6.37. The van der Waals surface area contributed by atoms with E-state index in [4.69, 9.17) is 21.1 Å². The van der Waals surface area contributed by atoms with Crippen LogP contribution in [0.4, 0.5) is 4.79 Å². The highest BCUT2D eigenvalue weighted by Crippen LogP contribution is 2.33. The van der Waals surface area contributed by atoms with Gasteiger partial charge in [-0.05, 0) is 38.5 Å². The lowest BCUT2D eigenvalue weighted by molar-refractivity contribution is 0.118. The summed E-state index contributed by atoms with van der Waals surface area (Å²) in [4.78, 5) is 12.0. The molecule has 0 N–H and O–H groups in total. The number of benzene rings is 1. The highest BCUT2D eigenvalue weighted by atomic mass is 35.5. The molecule has 0 spiro atoms. The molecule has 1 aromatic carbocycles. The van der Waals surface area contributed by atoms with Crippen molar-refractivity contribution in [1.82, 2.24) is 4.57 Å². The Bertz CT molecular complexity index is 619. The van der Waals surface area contributed by atoms with Crippen molar-refractivity contribution in [1.29, 1.82) is 0 Å². The van der Waals surface area contributed by atoms with Gasteiger partial charge in [0.15, 0.2) is 0 Å². The first-order valence-corrected chi connectivity index (χ1v) is 7.05.